The molecule has 0 spiro atoms. The van der Waals surface area contributed by atoms with Crippen molar-refractivity contribution in [2.24, 2.45) is 0 Å². The van der Waals surface area contributed by atoms with Crippen LogP contribution >= 0.6 is 0 Å². The number of furan rings is 1. The highest BCUT2D eigenvalue weighted by molar-refractivity contribution is 6.06. The monoisotopic (exact) mass is 303 g/mol. The molecule has 0 aliphatic carbocycles. The summed E-state index contributed by atoms with van der Waals surface area (Å²) in [5.41, 5.74) is 4.58. The predicted molar refractivity (Wildman–Crippen MR) is 93.1 cm³/mol. The lowest BCUT2D eigenvalue weighted by Gasteiger charge is -2.08. The maximum atomic E-state index is 6.00. The first-order valence-electron chi connectivity index (χ1n) is 7.76. The van der Waals surface area contributed by atoms with Crippen molar-refractivity contribution in [1.29, 1.82) is 0 Å². The van der Waals surface area contributed by atoms with Gasteiger partial charge in [-0.25, -0.2) is 9.97 Å². The van der Waals surface area contributed by atoms with E-state index in [2.05, 4.69) is 41.3 Å². The van der Waals surface area contributed by atoms with Crippen LogP contribution in [0.15, 0.2) is 52.9 Å². The molecule has 4 aromatic rings. The molecule has 0 fully saturated rings. The molecule has 0 atom stereocenters. The summed E-state index contributed by atoms with van der Waals surface area (Å²) in [4.78, 5) is 9.28. The minimum absolute atomic E-state index is 0.699. The Labute approximate surface area is 134 Å². The lowest BCUT2D eigenvalue weighted by atomic mass is 10.2. The minimum Gasteiger partial charge on any atom is -0.450 e. The summed E-state index contributed by atoms with van der Waals surface area (Å²) in [5.74, 6) is 1.52. The Balaban J connectivity index is 1.93. The van der Waals surface area contributed by atoms with Gasteiger partial charge in [0.25, 0.3) is 0 Å². The van der Waals surface area contributed by atoms with E-state index in [1.807, 2.05) is 36.4 Å². The van der Waals surface area contributed by atoms with Crippen LogP contribution in [0.2, 0.25) is 0 Å². The van der Waals surface area contributed by atoms with Crippen LogP contribution < -0.4 is 5.32 Å². The highest BCUT2D eigenvalue weighted by Crippen LogP contribution is 2.32. The minimum atomic E-state index is 0.699. The average Bonchev–Trinajstić information content (AvgIpc) is 2.94. The maximum absolute atomic E-state index is 6.00. The molecule has 0 unspecified atom stereocenters. The number of hydrogen-bond acceptors (Lipinski definition) is 4. The lowest BCUT2D eigenvalue weighted by molar-refractivity contribution is 0.666. The molecule has 1 N–H and O–H groups in total. The van der Waals surface area contributed by atoms with E-state index in [0.717, 1.165) is 34.4 Å². The zero-order valence-corrected chi connectivity index (χ0v) is 13.1. The first-order valence-corrected chi connectivity index (χ1v) is 7.76. The number of aromatic nitrogens is 2. The summed E-state index contributed by atoms with van der Waals surface area (Å²) in [6, 6.07) is 16.2. The molecule has 23 heavy (non-hydrogen) atoms. The van der Waals surface area contributed by atoms with Crippen LogP contribution in [0.4, 0.5) is 11.5 Å². The molecule has 114 valence electrons. The Bertz CT molecular complexity index is 1000. The molecule has 4 rings (SSSR count). The second-order valence-electron chi connectivity index (χ2n) is 5.61. The van der Waals surface area contributed by atoms with Crippen molar-refractivity contribution in [3.05, 3.63) is 59.9 Å². The Hall–Kier alpha value is -2.88. The van der Waals surface area contributed by atoms with Crippen molar-refractivity contribution in [2.75, 3.05) is 5.32 Å². The first kappa shape index (κ1) is 13.8. The number of para-hydroxylation sites is 1. The molecule has 0 saturated carbocycles. The van der Waals surface area contributed by atoms with Gasteiger partial charge in [-0.3, -0.25) is 0 Å². The molecule has 0 radical (unpaired) electrons. The van der Waals surface area contributed by atoms with Crippen LogP contribution in [0, 0.1) is 6.92 Å². The summed E-state index contributed by atoms with van der Waals surface area (Å²) in [5, 5.41) is 4.40. The maximum Gasteiger partial charge on any atom is 0.196 e. The summed E-state index contributed by atoms with van der Waals surface area (Å²) < 4.78 is 6.00. The topological polar surface area (TPSA) is 51.0 Å². The summed E-state index contributed by atoms with van der Waals surface area (Å²) in [6.07, 6.45) is 0.776. The van der Waals surface area contributed by atoms with Crippen LogP contribution in [0.5, 0.6) is 0 Å². The average molecular weight is 303 g/mol. The first-order chi connectivity index (χ1) is 11.2. The highest BCUT2D eigenvalue weighted by Gasteiger charge is 2.15. The van der Waals surface area contributed by atoms with E-state index in [4.69, 9.17) is 4.42 Å². The molecule has 2 aromatic heterocycles. The quantitative estimate of drug-likeness (QED) is 0.579. The van der Waals surface area contributed by atoms with Crippen molar-refractivity contribution >= 4 is 33.6 Å². The van der Waals surface area contributed by atoms with E-state index in [0.29, 0.717) is 11.4 Å². The Morgan fingerprint density at radius 2 is 1.91 bits per heavy atom. The number of rotatable bonds is 3. The van der Waals surface area contributed by atoms with Crippen LogP contribution in [-0.4, -0.2) is 9.97 Å². The molecule has 0 amide bonds. The van der Waals surface area contributed by atoms with Gasteiger partial charge in [-0.05, 0) is 36.8 Å². The van der Waals surface area contributed by atoms with Crippen molar-refractivity contribution < 1.29 is 4.42 Å². The number of nitrogens with one attached hydrogen (secondary N) is 1. The second-order valence-corrected chi connectivity index (χ2v) is 5.61. The zero-order valence-electron chi connectivity index (χ0n) is 13.1. The van der Waals surface area contributed by atoms with Crippen molar-refractivity contribution in [1.82, 2.24) is 9.97 Å². The second kappa shape index (κ2) is 5.39. The van der Waals surface area contributed by atoms with E-state index in [1.54, 1.807) is 0 Å². The van der Waals surface area contributed by atoms with Crippen molar-refractivity contribution in [3.8, 4) is 0 Å². The van der Waals surface area contributed by atoms with Gasteiger partial charge in [0.05, 0.1) is 0 Å². The molecule has 0 aliphatic heterocycles. The van der Waals surface area contributed by atoms with Gasteiger partial charge in [0.1, 0.15) is 16.9 Å². The van der Waals surface area contributed by atoms with Crippen molar-refractivity contribution in [3.63, 3.8) is 0 Å². The molecule has 4 nitrogen and oxygen atoms in total. The standard InChI is InChI=1S/C19H17N3O/c1-3-16-21-17-14-9-4-5-10-15(14)23-18(17)19(22-16)20-13-8-6-7-12(2)11-13/h4-11H,3H2,1-2H3,(H,20,21,22). The fourth-order valence-corrected chi connectivity index (χ4v) is 2.74. The van der Waals surface area contributed by atoms with Gasteiger partial charge < -0.3 is 9.73 Å². The third-order valence-corrected chi connectivity index (χ3v) is 3.86. The third kappa shape index (κ3) is 2.42. The van der Waals surface area contributed by atoms with Gasteiger partial charge in [-0.2, -0.15) is 0 Å². The van der Waals surface area contributed by atoms with Crippen LogP contribution in [-0.2, 0) is 6.42 Å². The zero-order chi connectivity index (χ0) is 15.8. The van der Waals surface area contributed by atoms with Gasteiger partial charge in [0, 0.05) is 17.5 Å². The normalized spacial score (nSPS) is 11.2. The largest absolute Gasteiger partial charge is 0.450 e. The van der Waals surface area contributed by atoms with Crippen molar-refractivity contribution in [2.45, 2.75) is 20.3 Å². The Morgan fingerprint density at radius 1 is 1.04 bits per heavy atom. The molecule has 0 saturated heterocycles. The van der Waals surface area contributed by atoms with E-state index < -0.39 is 0 Å². The van der Waals surface area contributed by atoms with E-state index in [-0.39, 0.29) is 0 Å². The van der Waals surface area contributed by atoms with Gasteiger partial charge in [-0.1, -0.05) is 31.2 Å². The number of nitrogens with zero attached hydrogens (tertiary/aromatic N) is 2. The van der Waals surface area contributed by atoms with Crippen LogP contribution in [0.3, 0.4) is 0 Å². The van der Waals surface area contributed by atoms with E-state index >= 15 is 0 Å². The molecular formula is C19H17N3O. The van der Waals surface area contributed by atoms with Crippen LogP contribution in [0.1, 0.15) is 18.3 Å². The highest BCUT2D eigenvalue weighted by atomic mass is 16.3. The van der Waals surface area contributed by atoms with Gasteiger partial charge in [-0.15, -0.1) is 0 Å². The Morgan fingerprint density at radius 3 is 2.74 bits per heavy atom. The number of benzene rings is 2. The summed E-state index contributed by atoms with van der Waals surface area (Å²) in [7, 11) is 0. The van der Waals surface area contributed by atoms with Crippen LogP contribution in [0.25, 0.3) is 22.1 Å². The smallest absolute Gasteiger partial charge is 0.196 e. The summed E-state index contributed by atoms with van der Waals surface area (Å²) >= 11 is 0. The number of aryl methyl sites for hydroxylation is 2. The van der Waals surface area contributed by atoms with E-state index in [9.17, 15) is 0 Å². The van der Waals surface area contributed by atoms with Gasteiger partial charge in [0.2, 0.25) is 0 Å². The number of anilines is 2. The fraction of sp³-hybridized carbons (Fsp3) is 0.158. The SMILES string of the molecule is CCc1nc(Nc2cccc(C)c2)c2oc3ccccc3c2n1. The summed E-state index contributed by atoms with van der Waals surface area (Å²) in [6.45, 7) is 4.12. The molecule has 0 aliphatic rings. The molecule has 2 aromatic carbocycles. The fourth-order valence-electron chi connectivity index (χ4n) is 2.74. The number of fused-ring (bicyclic) bond motifs is 3. The lowest BCUT2D eigenvalue weighted by Crippen LogP contribution is -2.00. The molecule has 4 heteroatoms. The Kier molecular flexibility index (Phi) is 3.23. The van der Waals surface area contributed by atoms with E-state index in [1.165, 1.54) is 5.56 Å². The molecule has 2 heterocycles. The predicted octanol–water partition coefficient (Wildman–Crippen LogP) is 4.99. The molecule has 0 bridgehead atoms. The number of hydrogen-bond donors (Lipinski definition) is 1. The van der Waals surface area contributed by atoms with Gasteiger partial charge >= 0.3 is 0 Å². The molecular weight excluding hydrogens is 286 g/mol. The van der Waals surface area contributed by atoms with Gasteiger partial charge in [0.15, 0.2) is 11.4 Å². The third-order valence-electron chi connectivity index (χ3n) is 3.86.